The van der Waals surface area contributed by atoms with Crippen LogP contribution in [0.5, 0.6) is 5.75 Å². The summed E-state index contributed by atoms with van der Waals surface area (Å²) < 4.78 is 3.56. The fourth-order valence-corrected chi connectivity index (χ4v) is 3.49. The van der Waals surface area contributed by atoms with Gasteiger partial charge in [0.15, 0.2) is 5.78 Å². The van der Waals surface area contributed by atoms with Crippen LogP contribution < -0.4 is 5.56 Å². The van der Waals surface area contributed by atoms with E-state index < -0.39 is 0 Å². The molecule has 0 amide bonds. The monoisotopic (exact) mass is 387 g/mol. The summed E-state index contributed by atoms with van der Waals surface area (Å²) >= 11 is 0. The number of rotatable bonds is 5. The highest BCUT2D eigenvalue weighted by molar-refractivity contribution is 6.09. The topological polar surface area (TPSA) is 77.1 Å². The van der Waals surface area contributed by atoms with Crippen molar-refractivity contribution in [3.05, 3.63) is 93.7 Å². The SMILES string of the molecule is CCn1cnc2c(c(C)cn2Cc2ccc(C(=O)c3ccc(O)cc3)cc2)c1=O. The van der Waals surface area contributed by atoms with Crippen molar-refractivity contribution >= 4 is 16.8 Å². The van der Waals surface area contributed by atoms with Gasteiger partial charge in [0.25, 0.3) is 5.56 Å². The number of fused-ring (bicyclic) bond motifs is 1. The number of ketones is 1. The Morgan fingerprint density at radius 2 is 1.62 bits per heavy atom. The summed E-state index contributed by atoms with van der Waals surface area (Å²) in [5, 5.41) is 10.0. The molecule has 0 aliphatic heterocycles. The van der Waals surface area contributed by atoms with Gasteiger partial charge < -0.3 is 9.67 Å². The van der Waals surface area contributed by atoms with E-state index in [0.29, 0.717) is 35.2 Å². The molecule has 1 N–H and O–H groups in total. The Morgan fingerprint density at radius 3 is 2.24 bits per heavy atom. The van der Waals surface area contributed by atoms with Gasteiger partial charge in [-0.1, -0.05) is 24.3 Å². The van der Waals surface area contributed by atoms with Crippen molar-refractivity contribution in [1.29, 1.82) is 0 Å². The van der Waals surface area contributed by atoms with Crippen molar-refractivity contribution in [2.75, 3.05) is 0 Å². The van der Waals surface area contributed by atoms with Gasteiger partial charge in [0, 0.05) is 30.4 Å². The van der Waals surface area contributed by atoms with Crippen LogP contribution in [0.25, 0.3) is 11.0 Å². The highest BCUT2D eigenvalue weighted by Crippen LogP contribution is 2.18. The molecule has 0 aliphatic carbocycles. The molecule has 0 saturated carbocycles. The second-order valence-corrected chi connectivity index (χ2v) is 7.05. The molecule has 0 saturated heterocycles. The van der Waals surface area contributed by atoms with Gasteiger partial charge in [0.2, 0.25) is 0 Å². The lowest BCUT2D eigenvalue weighted by Gasteiger charge is -2.07. The third-order valence-electron chi connectivity index (χ3n) is 5.07. The second-order valence-electron chi connectivity index (χ2n) is 7.05. The Balaban J connectivity index is 1.61. The minimum atomic E-state index is -0.0967. The van der Waals surface area contributed by atoms with Gasteiger partial charge in [-0.05, 0) is 49.2 Å². The van der Waals surface area contributed by atoms with Crippen molar-refractivity contribution in [3.8, 4) is 5.75 Å². The van der Waals surface area contributed by atoms with Gasteiger partial charge in [-0.15, -0.1) is 0 Å². The maximum atomic E-state index is 12.6. The average Bonchev–Trinajstić information content (AvgIpc) is 3.05. The summed E-state index contributed by atoms with van der Waals surface area (Å²) in [6.07, 6.45) is 3.52. The molecule has 4 aromatic rings. The maximum Gasteiger partial charge on any atom is 0.263 e. The highest BCUT2D eigenvalue weighted by atomic mass is 16.3. The third-order valence-corrected chi connectivity index (χ3v) is 5.07. The summed E-state index contributed by atoms with van der Waals surface area (Å²) in [6, 6.07) is 13.6. The van der Waals surface area contributed by atoms with E-state index in [2.05, 4.69) is 4.98 Å². The first kappa shape index (κ1) is 18.7. The van der Waals surface area contributed by atoms with Crippen LogP contribution in [0.15, 0.2) is 65.8 Å². The van der Waals surface area contributed by atoms with E-state index in [-0.39, 0.29) is 17.1 Å². The number of hydrogen-bond donors (Lipinski definition) is 1. The van der Waals surface area contributed by atoms with Crippen molar-refractivity contribution in [2.24, 2.45) is 0 Å². The van der Waals surface area contributed by atoms with E-state index in [0.717, 1.165) is 11.1 Å². The molecule has 6 heteroatoms. The molecule has 0 atom stereocenters. The summed E-state index contributed by atoms with van der Waals surface area (Å²) in [6.45, 7) is 4.98. The van der Waals surface area contributed by atoms with Crippen molar-refractivity contribution in [3.63, 3.8) is 0 Å². The molecule has 0 unspecified atom stereocenters. The van der Waals surface area contributed by atoms with Gasteiger partial charge in [-0.25, -0.2) is 4.98 Å². The molecule has 146 valence electrons. The predicted octanol–water partition coefficient (Wildman–Crippen LogP) is 3.51. The molecule has 0 radical (unpaired) electrons. The van der Waals surface area contributed by atoms with E-state index in [9.17, 15) is 14.7 Å². The Bertz CT molecular complexity index is 1250. The van der Waals surface area contributed by atoms with E-state index >= 15 is 0 Å². The van der Waals surface area contributed by atoms with Crippen LogP contribution in [0.3, 0.4) is 0 Å². The Kier molecular flexibility index (Phi) is 4.76. The Hall–Kier alpha value is -3.67. The van der Waals surface area contributed by atoms with Crippen LogP contribution >= 0.6 is 0 Å². The molecular weight excluding hydrogens is 366 g/mol. The number of aromatic nitrogens is 3. The summed E-state index contributed by atoms with van der Waals surface area (Å²) in [7, 11) is 0. The lowest BCUT2D eigenvalue weighted by molar-refractivity contribution is 0.103. The number of nitrogens with zero attached hydrogens (tertiary/aromatic N) is 3. The Labute approximate surface area is 167 Å². The molecule has 0 bridgehead atoms. The zero-order valence-electron chi connectivity index (χ0n) is 16.3. The van der Waals surface area contributed by atoms with Gasteiger partial charge >= 0.3 is 0 Å². The molecule has 4 rings (SSSR count). The fourth-order valence-electron chi connectivity index (χ4n) is 3.49. The lowest BCUT2D eigenvalue weighted by atomic mass is 10.0. The number of aromatic hydroxyl groups is 1. The van der Waals surface area contributed by atoms with Gasteiger partial charge in [-0.2, -0.15) is 0 Å². The van der Waals surface area contributed by atoms with Crippen LogP contribution in [0.1, 0.15) is 34.0 Å². The van der Waals surface area contributed by atoms with Crippen LogP contribution in [0.2, 0.25) is 0 Å². The number of aryl methyl sites for hydroxylation is 2. The molecule has 0 aliphatic rings. The quantitative estimate of drug-likeness (QED) is 0.532. The summed E-state index contributed by atoms with van der Waals surface area (Å²) in [4.78, 5) is 29.6. The molecule has 2 aromatic carbocycles. The molecular formula is C23H21N3O3. The number of benzene rings is 2. The van der Waals surface area contributed by atoms with Crippen LogP contribution in [-0.4, -0.2) is 25.0 Å². The van der Waals surface area contributed by atoms with Crippen LogP contribution in [-0.2, 0) is 13.1 Å². The maximum absolute atomic E-state index is 12.6. The molecule has 2 heterocycles. The number of carbonyl (C=O) groups is 1. The zero-order chi connectivity index (χ0) is 20.5. The third kappa shape index (κ3) is 3.45. The fraction of sp³-hybridized carbons (Fsp3) is 0.174. The van der Waals surface area contributed by atoms with E-state index in [1.54, 1.807) is 35.2 Å². The molecule has 6 nitrogen and oxygen atoms in total. The Morgan fingerprint density at radius 1 is 1.00 bits per heavy atom. The van der Waals surface area contributed by atoms with Crippen LogP contribution in [0, 0.1) is 6.92 Å². The summed E-state index contributed by atoms with van der Waals surface area (Å²) in [5.74, 6) is 0.0334. The number of phenols is 1. The average molecular weight is 387 g/mol. The van der Waals surface area contributed by atoms with Crippen molar-refractivity contribution < 1.29 is 9.90 Å². The van der Waals surface area contributed by atoms with E-state index in [4.69, 9.17) is 0 Å². The zero-order valence-corrected chi connectivity index (χ0v) is 16.3. The molecule has 0 spiro atoms. The van der Waals surface area contributed by atoms with Crippen molar-refractivity contribution in [2.45, 2.75) is 26.9 Å². The standard InChI is InChI=1S/C23H21N3O3/c1-3-25-14-24-22-20(23(25)29)15(2)12-26(22)13-16-4-6-17(7-5-16)21(28)18-8-10-19(27)11-9-18/h4-12,14,27H,3,13H2,1-2H3. The normalized spacial score (nSPS) is 11.1. The molecule has 29 heavy (non-hydrogen) atoms. The largest absolute Gasteiger partial charge is 0.508 e. The van der Waals surface area contributed by atoms with Crippen LogP contribution in [0.4, 0.5) is 0 Å². The summed E-state index contributed by atoms with van der Waals surface area (Å²) in [5.41, 5.74) is 3.66. The predicted molar refractivity (Wildman–Crippen MR) is 111 cm³/mol. The number of carbonyl (C=O) groups excluding carboxylic acids is 1. The van der Waals surface area contributed by atoms with E-state index in [1.165, 1.54) is 12.1 Å². The number of hydrogen-bond acceptors (Lipinski definition) is 4. The first-order chi connectivity index (χ1) is 14.0. The number of phenolic OH excluding ortho intramolecular Hbond substituents is 1. The van der Waals surface area contributed by atoms with Gasteiger partial charge in [0.05, 0.1) is 11.7 Å². The van der Waals surface area contributed by atoms with E-state index in [1.807, 2.05) is 36.7 Å². The van der Waals surface area contributed by atoms with Crippen molar-refractivity contribution in [1.82, 2.24) is 14.1 Å². The highest BCUT2D eigenvalue weighted by Gasteiger charge is 2.13. The smallest absolute Gasteiger partial charge is 0.263 e. The molecule has 2 aromatic heterocycles. The van der Waals surface area contributed by atoms with Gasteiger partial charge in [-0.3, -0.25) is 14.2 Å². The second kappa shape index (κ2) is 7.39. The lowest BCUT2D eigenvalue weighted by Crippen LogP contribution is -2.20. The molecule has 0 fully saturated rings. The van der Waals surface area contributed by atoms with Gasteiger partial charge in [0.1, 0.15) is 11.4 Å². The minimum absolute atomic E-state index is 0.0245. The first-order valence-electron chi connectivity index (χ1n) is 9.45. The minimum Gasteiger partial charge on any atom is -0.508 e. The first-order valence-corrected chi connectivity index (χ1v) is 9.45.